The summed E-state index contributed by atoms with van der Waals surface area (Å²) in [5.41, 5.74) is -4.29. The molecule has 0 spiro atoms. The van der Waals surface area contributed by atoms with Crippen molar-refractivity contribution in [2.75, 3.05) is 11.6 Å². The smallest absolute Gasteiger partial charge is 0.435 e. The number of benzene rings is 2. The van der Waals surface area contributed by atoms with E-state index in [1.54, 1.807) is 0 Å². The third kappa shape index (κ3) is 5.45. The summed E-state index contributed by atoms with van der Waals surface area (Å²) in [5, 5.41) is 9.13. The average molecular weight is 569 g/mol. The van der Waals surface area contributed by atoms with Crippen molar-refractivity contribution in [1.82, 2.24) is 10.2 Å². The lowest BCUT2D eigenvalue weighted by Crippen LogP contribution is -2.30. The molecule has 1 aliphatic carbocycles. The van der Waals surface area contributed by atoms with Crippen LogP contribution < -0.4 is 10.1 Å². The van der Waals surface area contributed by atoms with Crippen molar-refractivity contribution >= 4 is 21.3 Å². The van der Waals surface area contributed by atoms with Gasteiger partial charge in [-0.3, -0.25) is 4.79 Å². The van der Waals surface area contributed by atoms with Crippen LogP contribution in [-0.2, 0) is 21.6 Å². The second-order valence-corrected chi connectivity index (χ2v) is 11.8. The number of aryl methyl sites for hydroxylation is 1. The highest BCUT2D eigenvalue weighted by molar-refractivity contribution is 7.91. The highest BCUT2D eigenvalue weighted by atomic mass is 32.2. The van der Waals surface area contributed by atoms with Gasteiger partial charge in [-0.1, -0.05) is 6.07 Å². The Kier molecular flexibility index (Phi) is 7.17. The predicted octanol–water partition coefficient (Wildman–Crippen LogP) is 6.99. The SMILES string of the molecule is Cc1cc(C2(F)CCC2)c(F)c(C)c1Oc1nnc(C(F)(F)F)c(C)c1C(=O)Nc1cccc(S(C)(=N)=O)c1. The third-order valence-corrected chi connectivity index (χ3v) is 7.83. The van der Waals surface area contributed by atoms with Gasteiger partial charge in [-0.05, 0) is 75.4 Å². The summed E-state index contributed by atoms with van der Waals surface area (Å²) in [6.45, 7) is 3.87. The number of ether oxygens (including phenoxy) is 1. The number of alkyl halides is 4. The number of aromatic nitrogens is 2. The summed E-state index contributed by atoms with van der Waals surface area (Å²) in [6.07, 6.45) is -2.81. The number of anilines is 1. The van der Waals surface area contributed by atoms with Gasteiger partial charge >= 0.3 is 6.18 Å². The van der Waals surface area contributed by atoms with Crippen LogP contribution in [0.4, 0.5) is 27.6 Å². The van der Waals surface area contributed by atoms with Gasteiger partial charge in [0.15, 0.2) is 5.69 Å². The van der Waals surface area contributed by atoms with E-state index < -0.39 is 56.0 Å². The van der Waals surface area contributed by atoms with E-state index in [0.29, 0.717) is 12.0 Å². The molecule has 2 aromatic carbocycles. The summed E-state index contributed by atoms with van der Waals surface area (Å²) >= 11 is 0. The predicted molar refractivity (Wildman–Crippen MR) is 134 cm³/mol. The molecule has 1 amide bonds. The number of carbonyl (C=O) groups excluding carboxylic acids is 1. The molecule has 1 heterocycles. The molecule has 1 saturated carbocycles. The minimum absolute atomic E-state index is 0.0616. The van der Waals surface area contributed by atoms with Crippen LogP contribution >= 0.6 is 0 Å². The fourth-order valence-electron chi connectivity index (χ4n) is 4.40. The summed E-state index contributed by atoms with van der Waals surface area (Å²) < 4.78 is 96.7. The molecule has 0 aliphatic heterocycles. The quantitative estimate of drug-likeness (QED) is 0.312. The van der Waals surface area contributed by atoms with Crippen molar-refractivity contribution in [2.45, 2.75) is 56.8 Å². The summed E-state index contributed by atoms with van der Waals surface area (Å²) in [5.74, 6) is -2.66. The van der Waals surface area contributed by atoms with E-state index in [0.717, 1.165) is 6.92 Å². The lowest BCUT2D eigenvalue weighted by Gasteiger charge is -2.35. The van der Waals surface area contributed by atoms with E-state index in [1.807, 2.05) is 0 Å². The maximum Gasteiger partial charge on any atom is 0.435 e. The lowest BCUT2D eigenvalue weighted by atomic mass is 9.75. The van der Waals surface area contributed by atoms with Crippen LogP contribution in [0.2, 0.25) is 0 Å². The van der Waals surface area contributed by atoms with Crippen molar-refractivity contribution in [3.63, 3.8) is 0 Å². The number of halogens is 5. The third-order valence-electron chi connectivity index (χ3n) is 6.67. The fraction of sp³-hybridized carbons (Fsp3) is 0.346. The topological polar surface area (TPSA) is 105 Å². The van der Waals surface area contributed by atoms with Crippen molar-refractivity contribution in [3.05, 3.63) is 69.7 Å². The Bertz CT molecular complexity index is 1590. The minimum atomic E-state index is -4.94. The molecule has 0 radical (unpaired) electrons. The van der Waals surface area contributed by atoms with E-state index in [1.165, 1.54) is 50.4 Å². The maximum atomic E-state index is 15.2. The summed E-state index contributed by atoms with van der Waals surface area (Å²) in [6, 6.07) is 6.79. The standard InChI is InChI=1S/C26H25F5N4O3S/c1-13-11-18(25(28)9-6-10-25)20(27)15(3)21(13)38-24-19(14(2)22(34-35-24)26(29,30)31)23(36)33-16-7-5-8-17(12-16)39(4,32)37/h5,7-8,11-12,32H,6,9-10H2,1-4H3,(H,33,36). The molecule has 3 aromatic rings. The Labute approximate surface area is 221 Å². The normalized spacial score (nSPS) is 16.2. The zero-order chi connectivity index (χ0) is 28.9. The van der Waals surface area contributed by atoms with E-state index in [2.05, 4.69) is 15.5 Å². The molecule has 2 N–H and O–H groups in total. The summed E-state index contributed by atoms with van der Waals surface area (Å²) in [4.78, 5) is 13.4. The molecular weight excluding hydrogens is 543 g/mol. The highest BCUT2D eigenvalue weighted by Crippen LogP contribution is 2.48. The van der Waals surface area contributed by atoms with Crippen molar-refractivity contribution in [2.24, 2.45) is 0 Å². The number of hydrogen-bond acceptors (Lipinski definition) is 6. The molecule has 13 heteroatoms. The second-order valence-electron chi connectivity index (χ2n) is 9.61. The van der Waals surface area contributed by atoms with Gasteiger partial charge in [-0.2, -0.15) is 13.2 Å². The van der Waals surface area contributed by atoms with Crippen LogP contribution in [0.25, 0.3) is 0 Å². The van der Waals surface area contributed by atoms with Gasteiger partial charge in [0.25, 0.3) is 11.8 Å². The second kappa shape index (κ2) is 9.85. The van der Waals surface area contributed by atoms with Gasteiger partial charge in [-0.15, -0.1) is 10.2 Å². The van der Waals surface area contributed by atoms with E-state index in [-0.39, 0.29) is 40.3 Å². The zero-order valence-electron chi connectivity index (χ0n) is 21.4. The van der Waals surface area contributed by atoms with Gasteiger partial charge in [-0.25, -0.2) is 17.8 Å². The van der Waals surface area contributed by atoms with Gasteiger partial charge in [0.1, 0.15) is 22.8 Å². The van der Waals surface area contributed by atoms with E-state index in [9.17, 15) is 22.2 Å². The lowest BCUT2D eigenvalue weighted by molar-refractivity contribution is -0.142. The molecule has 1 aliphatic rings. The molecule has 7 nitrogen and oxygen atoms in total. The first-order valence-corrected chi connectivity index (χ1v) is 13.8. The Morgan fingerprint density at radius 2 is 1.79 bits per heavy atom. The van der Waals surface area contributed by atoms with E-state index >= 15 is 8.78 Å². The zero-order valence-corrected chi connectivity index (χ0v) is 22.2. The van der Waals surface area contributed by atoms with Gasteiger partial charge in [0.05, 0.1) is 9.73 Å². The summed E-state index contributed by atoms with van der Waals surface area (Å²) in [7, 11) is -3.14. The molecule has 0 saturated heterocycles. The van der Waals surface area contributed by atoms with Crippen molar-refractivity contribution in [1.29, 1.82) is 4.78 Å². The van der Waals surface area contributed by atoms with Gasteiger partial charge in [0, 0.05) is 28.0 Å². The maximum absolute atomic E-state index is 15.2. The Hall–Kier alpha value is -3.61. The monoisotopic (exact) mass is 568 g/mol. The molecule has 4 rings (SSSR count). The number of carbonyl (C=O) groups is 1. The Balaban J connectivity index is 1.79. The number of hydrogen-bond donors (Lipinski definition) is 2. The molecule has 1 fully saturated rings. The molecule has 0 bridgehead atoms. The van der Waals surface area contributed by atoms with Crippen LogP contribution in [0.1, 0.15) is 57.6 Å². The van der Waals surface area contributed by atoms with Crippen LogP contribution in [0.3, 0.4) is 0 Å². The largest absolute Gasteiger partial charge is 0.436 e. The fourth-order valence-corrected chi connectivity index (χ4v) is 5.09. The number of nitrogens with one attached hydrogen (secondary N) is 2. The molecule has 1 aromatic heterocycles. The Morgan fingerprint density at radius 3 is 2.36 bits per heavy atom. The van der Waals surface area contributed by atoms with Gasteiger partial charge in [0.2, 0.25) is 0 Å². The van der Waals surface area contributed by atoms with Crippen LogP contribution in [0.5, 0.6) is 11.6 Å². The van der Waals surface area contributed by atoms with E-state index in [4.69, 9.17) is 9.52 Å². The Morgan fingerprint density at radius 1 is 1.13 bits per heavy atom. The first-order chi connectivity index (χ1) is 18.0. The van der Waals surface area contributed by atoms with Gasteiger partial charge < -0.3 is 10.1 Å². The molecular formula is C26H25F5N4O3S. The average Bonchev–Trinajstić information content (AvgIpc) is 2.81. The van der Waals surface area contributed by atoms with Crippen LogP contribution in [0.15, 0.2) is 35.2 Å². The molecule has 208 valence electrons. The number of nitrogens with zero attached hydrogens (tertiary/aromatic N) is 2. The first-order valence-electron chi connectivity index (χ1n) is 11.8. The van der Waals surface area contributed by atoms with Crippen molar-refractivity contribution < 1.29 is 35.7 Å². The number of amides is 1. The van der Waals surface area contributed by atoms with Crippen LogP contribution in [0, 0.1) is 31.4 Å². The molecule has 39 heavy (non-hydrogen) atoms. The van der Waals surface area contributed by atoms with Crippen molar-refractivity contribution in [3.8, 4) is 11.6 Å². The highest BCUT2D eigenvalue weighted by Gasteiger charge is 2.42. The molecule has 1 unspecified atom stereocenters. The number of rotatable bonds is 6. The molecule has 1 atom stereocenters. The minimum Gasteiger partial charge on any atom is -0.436 e. The van der Waals surface area contributed by atoms with Crippen LogP contribution in [-0.4, -0.2) is 26.6 Å². The first kappa shape index (κ1) is 28.4.